The van der Waals surface area contributed by atoms with Gasteiger partial charge in [0, 0.05) is 0 Å². The summed E-state index contributed by atoms with van der Waals surface area (Å²) in [6, 6.07) is 6.15. The zero-order valence-electron chi connectivity index (χ0n) is 13.9. The maximum absolute atomic E-state index is 12.8. The van der Waals surface area contributed by atoms with Crippen LogP contribution >= 0.6 is 0 Å². The summed E-state index contributed by atoms with van der Waals surface area (Å²) in [6.45, 7) is 1.78. The Hall–Kier alpha value is -2.61. The van der Waals surface area contributed by atoms with Gasteiger partial charge in [-0.3, -0.25) is 14.3 Å². The van der Waals surface area contributed by atoms with Crippen LogP contribution in [0.5, 0.6) is 0 Å². The molecule has 1 aliphatic carbocycles. The molecule has 1 aromatic carbocycles. The molecule has 134 valence electrons. The molecule has 0 saturated heterocycles. The third-order valence-corrected chi connectivity index (χ3v) is 4.62. The first-order valence-corrected chi connectivity index (χ1v) is 9.56. The summed E-state index contributed by atoms with van der Waals surface area (Å²) in [6.07, 6.45) is 7.83. The smallest absolute Gasteiger partial charge is 0.313 e. The Morgan fingerprint density at radius 2 is 1.92 bits per heavy atom. The average Bonchev–Trinajstić information content (AvgIpc) is 2.54. The van der Waals surface area contributed by atoms with Gasteiger partial charge in [-0.05, 0) is 18.6 Å². The Morgan fingerprint density at radius 1 is 1.24 bits per heavy atom. The zero-order valence-corrected chi connectivity index (χ0v) is 14.7. The van der Waals surface area contributed by atoms with Crippen molar-refractivity contribution in [2.45, 2.75) is 18.9 Å². The molecule has 0 bridgehead atoms. The summed E-state index contributed by atoms with van der Waals surface area (Å²) < 4.78 is 25.3. The van der Waals surface area contributed by atoms with E-state index in [1.165, 1.54) is 18.2 Å². The number of carbonyl (C=O) groups excluding carboxylic acids is 1. The van der Waals surface area contributed by atoms with Crippen molar-refractivity contribution in [1.29, 1.82) is 0 Å². The van der Waals surface area contributed by atoms with E-state index in [9.17, 15) is 23.1 Å². The lowest BCUT2D eigenvalue weighted by molar-refractivity contribution is -0.141. The Kier molecular flexibility index (Phi) is 5.32. The van der Waals surface area contributed by atoms with E-state index < -0.39 is 33.4 Å². The van der Waals surface area contributed by atoms with E-state index in [0.29, 0.717) is 6.42 Å². The first-order chi connectivity index (χ1) is 11.7. The van der Waals surface area contributed by atoms with E-state index in [1.54, 1.807) is 37.3 Å². The van der Waals surface area contributed by atoms with Gasteiger partial charge in [0.25, 0.3) is 5.91 Å². The molecule has 0 radical (unpaired) electrons. The largest absolute Gasteiger partial charge is 0.481 e. The lowest BCUT2D eigenvalue weighted by Gasteiger charge is -2.36. The molecule has 2 atom stereocenters. The second-order valence-corrected chi connectivity index (χ2v) is 7.58. The van der Waals surface area contributed by atoms with Gasteiger partial charge in [0.15, 0.2) is 0 Å². The molecule has 1 aromatic rings. The quantitative estimate of drug-likeness (QED) is 0.712. The van der Waals surface area contributed by atoms with Gasteiger partial charge < -0.3 is 10.4 Å². The molecule has 1 aliphatic rings. The Balaban J connectivity index is 2.37. The summed E-state index contributed by atoms with van der Waals surface area (Å²) in [7, 11) is -3.56. The number of amides is 1. The SMILES string of the molecule is CCC1(NC(=O)c2ccccc2NS(C)(=O)=O)C=CC=CC1C(=O)O. The maximum Gasteiger partial charge on any atom is 0.313 e. The number of nitrogens with one attached hydrogen (secondary N) is 2. The van der Waals surface area contributed by atoms with Gasteiger partial charge in [-0.1, -0.05) is 43.4 Å². The highest BCUT2D eigenvalue weighted by Gasteiger charge is 2.41. The Bertz CT molecular complexity index is 844. The number of rotatable bonds is 6. The van der Waals surface area contributed by atoms with Crippen LogP contribution in [0, 0.1) is 5.92 Å². The van der Waals surface area contributed by atoms with Crippen molar-refractivity contribution in [3.63, 3.8) is 0 Å². The molecule has 2 unspecified atom stereocenters. The Labute approximate surface area is 146 Å². The molecule has 0 saturated carbocycles. The molecular weight excluding hydrogens is 344 g/mol. The number of anilines is 1. The number of para-hydroxylation sites is 1. The topological polar surface area (TPSA) is 113 Å². The zero-order chi connectivity index (χ0) is 18.7. The van der Waals surface area contributed by atoms with Crippen molar-refractivity contribution < 1.29 is 23.1 Å². The molecule has 3 N–H and O–H groups in total. The third kappa shape index (κ3) is 4.27. The van der Waals surface area contributed by atoms with Gasteiger partial charge in [-0.2, -0.15) is 0 Å². The maximum atomic E-state index is 12.8. The van der Waals surface area contributed by atoms with Crippen molar-refractivity contribution in [2.24, 2.45) is 5.92 Å². The predicted molar refractivity (Wildman–Crippen MR) is 94.8 cm³/mol. The molecule has 0 aromatic heterocycles. The number of carbonyl (C=O) groups is 2. The van der Waals surface area contributed by atoms with Crippen LogP contribution in [0.25, 0.3) is 0 Å². The van der Waals surface area contributed by atoms with Crippen molar-refractivity contribution in [3.8, 4) is 0 Å². The molecule has 25 heavy (non-hydrogen) atoms. The third-order valence-electron chi connectivity index (χ3n) is 4.03. The number of allylic oxidation sites excluding steroid dienone is 2. The number of carboxylic acids is 1. The van der Waals surface area contributed by atoms with Gasteiger partial charge in [0.05, 0.1) is 23.0 Å². The van der Waals surface area contributed by atoms with E-state index in [0.717, 1.165) is 6.26 Å². The van der Waals surface area contributed by atoms with Gasteiger partial charge in [-0.15, -0.1) is 0 Å². The average molecular weight is 364 g/mol. The summed E-state index contributed by atoms with van der Waals surface area (Å²) in [4.78, 5) is 24.3. The van der Waals surface area contributed by atoms with E-state index >= 15 is 0 Å². The fourth-order valence-corrected chi connectivity index (χ4v) is 3.35. The van der Waals surface area contributed by atoms with E-state index in [2.05, 4.69) is 10.0 Å². The molecule has 0 spiro atoms. The highest BCUT2D eigenvalue weighted by Crippen LogP contribution is 2.29. The van der Waals surface area contributed by atoms with Crippen molar-refractivity contribution in [2.75, 3.05) is 11.0 Å². The highest BCUT2D eigenvalue weighted by atomic mass is 32.2. The lowest BCUT2D eigenvalue weighted by atomic mass is 9.78. The van der Waals surface area contributed by atoms with Crippen molar-refractivity contribution in [3.05, 3.63) is 54.1 Å². The van der Waals surface area contributed by atoms with Gasteiger partial charge in [0.2, 0.25) is 10.0 Å². The summed E-state index contributed by atoms with van der Waals surface area (Å²) in [5, 5.41) is 12.2. The molecule has 7 nitrogen and oxygen atoms in total. The monoisotopic (exact) mass is 364 g/mol. The molecule has 0 fully saturated rings. The first-order valence-electron chi connectivity index (χ1n) is 7.66. The van der Waals surface area contributed by atoms with E-state index in [-0.39, 0.29) is 11.3 Å². The number of benzene rings is 1. The minimum absolute atomic E-state index is 0.118. The number of hydrogen-bond donors (Lipinski definition) is 3. The van der Waals surface area contributed by atoms with E-state index in [4.69, 9.17) is 0 Å². The molecule has 0 aliphatic heterocycles. The molecule has 1 amide bonds. The number of aliphatic carboxylic acids is 1. The van der Waals surface area contributed by atoms with Crippen LogP contribution in [-0.2, 0) is 14.8 Å². The molecule has 8 heteroatoms. The Morgan fingerprint density at radius 3 is 2.52 bits per heavy atom. The molecule has 0 heterocycles. The van der Waals surface area contributed by atoms with Crippen LogP contribution in [0.2, 0.25) is 0 Å². The van der Waals surface area contributed by atoms with Crippen LogP contribution in [0.4, 0.5) is 5.69 Å². The van der Waals surface area contributed by atoms with Crippen LogP contribution in [0.15, 0.2) is 48.6 Å². The fraction of sp³-hybridized carbons (Fsp3) is 0.294. The first kappa shape index (κ1) is 18.7. The summed E-state index contributed by atoms with van der Waals surface area (Å²) in [5.74, 6) is -2.52. The normalized spacial score (nSPS) is 22.4. The molecular formula is C17H20N2O5S. The number of sulfonamides is 1. The van der Waals surface area contributed by atoms with Gasteiger partial charge in [0.1, 0.15) is 5.92 Å². The van der Waals surface area contributed by atoms with Gasteiger partial charge >= 0.3 is 5.97 Å². The lowest BCUT2D eigenvalue weighted by Crippen LogP contribution is -2.54. The molecule has 2 rings (SSSR count). The minimum Gasteiger partial charge on any atom is -0.481 e. The van der Waals surface area contributed by atoms with Gasteiger partial charge in [-0.25, -0.2) is 8.42 Å². The van der Waals surface area contributed by atoms with Crippen molar-refractivity contribution >= 4 is 27.6 Å². The summed E-state index contributed by atoms with van der Waals surface area (Å²) in [5.41, 5.74) is -0.834. The number of hydrogen-bond acceptors (Lipinski definition) is 4. The van der Waals surface area contributed by atoms with Crippen LogP contribution in [-0.4, -0.2) is 37.2 Å². The van der Waals surface area contributed by atoms with Crippen LogP contribution < -0.4 is 10.0 Å². The van der Waals surface area contributed by atoms with E-state index in [1.807, 2.05) is 0 Å². The highest BCUT2D eigenvalue weighted by molar-refractivity contribution is 7.92. The second-order valence-electron chi connectivity index (χ2n) is 5.83. The standard InChI is InChI=1S/C17H20N2O5S/c1-3-17(11-7-6-9-13(17)16(21)22)18-15(20)12-8-4-5-10-14(12)19-25(2,23)24/h4-11,13,19H,3H2,1-2H3,(H,18,20)(H,21,22). The van der Waals surface area contributed by atoms with Crippen LogP contribution in [0.1, 0.15) is 23.7 Å². The summed E-state index contributed by atoms with van der Waals surface area (Å²) >= 11 is 0. The predicted octanol–water partition coefficient (Wildman–Crippen LogP) is 1.76. The number of carboxylic acid groups (broad SMARTS) is 1. The van der Waals surface area contributed by atoms with Crippen LogP contribution in [0.3, 0.4) is 0 Å². The second kappa shape index (κ2) is 7.10. The minimum atomic E-state index is -3.56. The van der Waals surface area contributed by atoms with Crippen molar-refractivity contribution in [1.82, 2.24) is 5.32 Å². The fourth-order valence-electron chi connectivity index (χ4n) is 2.77.